The summed E-state index contributed by atoms with van der Waals surface area (Å²) in [6.45, 7) is 1.64. The molecule has 0 atom stereocenters. The van der Waals surface area contributed by atoms with Gasteiger partial charge in [0.05, 0.1) is 5.57 Å². The van der Waals surface area contributed by atoms with E-state index in [9.17, 15) is 19.2 Å². The molecule has 0 unspecified atom stereocenters. The lowest BCUT2D eigenvalue weighted by molar-refractivity contribution is -0.174. The molecule has 0 aliphatic rings. The molecule has 8 heteroatoms. The van der Waals surface area contributed by atoms with Crippen LogP contribution in [0.5, 0.6) is 0 Å². The van der Waals surface area contributed by atoms with E-state index in [1.165, 1.54) is 0 Å². The number of aliphatic carboxylic acids is 4. The number of hydrogen-bond donors (Lipinski definition) is 4. The Kier molecular flexibility index (Phi) is 5.03. The summed E-state index contributed by atoms with van der Waals surface area (Å²) in [5, 5.41) is 35.3. The van der Waals surface area contributed by atoms with Crippen molar-refractivity contribution in [2.45, 2.75) is 19.8 Å². The number of carboxylic acid groups (broad SMARTS) is 4. The maximum absolute atomic E-state index is 10.9. The van der Waals surface area contributed by atoms with Crippen LogP contribution in [0.4, 0.5) is 0 Å². The van der Waals surface area contributed by atoms with Gasteiger partial charge in [-0.15, -0.1) is 0 Å². The number of hydrogen-bond acceptors (Lipinski definition) is 4. The average molecular weight is 260 g/mol. The summed E-state index contributed by atoms with van der Waals surface area (Å²) in [6.07, 6.45) is 1.27. The van der Waals surface area contributed by atoms with Gasteiger partial charge in [-0.1, -0.05) is 19.4 Å². The van der Waals surface area contributed by atoms with Gasteiger partial charge < -0.3 is 20.4 Å². The minimum Gasteiger partial charge on any atom is -0.480 e. The fourth-order valence-corrected chi connectivity index (χ4v) is 1.31. The van der Waals surface area contributed by atoms with Crippen LogP contribution in [-0.4, -0.2) is 44.3 Å². The molecule has 0 aromatic heterocycles. The fraction of sp³-hybridized carbons (Fsp3) is 0.400. The molecule has 0 aromatic carbocycles. The van der Waals surface area contributed by atoms with Gasteiger partial charge in [0, 0.05) is 0 Å². The smallest absolute Gasteiger partial charge is 0.337 e. The first-order valence-corrected chi connectivity index (χ1v) is 4.86. The molecule has 0 fully saturated rings. The standard InChI is InChI=1S/C10H12O8/c1-2-3-4-5(6(11)12)10(7(13)14,8(15)16)9(17)18/h4H,2-3H2,1H3,(H,11,12)(H,13,14)(H,15,16)(H,17,18). The molecule has 0 heterocycles. The largest absolute Gasteiger partial charge is 0.480 e. The number of carboxylic acids is 4. The number of unbranched alkanes of at least 4 members (excludes halogenated alkanes) is 1. The third-order valence-electron chi connectivity index (χ3n) is 2.23. The van der Waals surface area contributed by atoms with Gasteiger partial charge in [0.15, 0.2) is 0 Å². The predicted molar refractivity (Wildman–Crippen MR) is 56.0 cm³/mol. The lowest BCUT2D eigenvalue weighted by atomic mass is 9.79. The zero-order valence-electron chi connectivity index (χ0n) is 9.41. The van der Waals surface area contributed by atoms with Gasteiger partial charge in [-0.2, -0.15) is 0 Å². The summed E-state index contributed by atoms with van der Waals surface area (Å²) in [7, 11) is 0. The van der Waals surface area contributed by atoms with Gasteiger partial charge in [0.1, 0.15) is 0 Å². The molecule has 0 aliphatic heterocycles. The highest BCUT2D eigenvalue weighted by molar-refractivity contribution is 6.24. The summed E-state index contributed by atoms with van der Waals surface area (Å²) in [5.41, 5.74) is -4.68. The third-order valence-corrected chi connectivity index (χ3v) is 2.23. The Morgan fingerprint density at radius 1 is 0.944 bits per heavy atom. The maximum Gasteiger partial charge on any atom is 0.337 e. The van der Waals surface area contributed by atoms with Crippen molar-refractivity contribution in [3.8, 4) is 0 Å². The van der Waals surface area contributed by atoms with Crippen LogP contribution in [0.1, 0.15) is 19.8 Å². The molecule has 0 aromatic rings. The van der Waals surface area contributed by atoms with Crippen LogP contribution in [-0.2, 0) is 19.2 Å². The van der Waals surface area contributed by atoms with Gasteiger partial charge in [0.25, 0.3) is 5.41 Å². The molecule has 0 bridgehead atoms. The molecular weight excluding hydrogens is 248 g/mol. The zero-order valence-corrected chi connectivity index (χ0v) is 9.41. The maximum atomic E-state index is 10.9. The van der Waals surface area contributed by atoms with Crippen LogP contribution in [0.25, 0.3) is 0 Å². The molecule has 0 saturated heterocycles. The van der Waals surface area contributed by atoms with E-state index in [-0.39, 0.29) is 6.42 Å². The van der Waals surface area contributed by atoms with Crippen LogP contribution in [0.15, 0.2) is 11.6 Å². The summed E-state index contributed by atoms with van der Waals surface area (Å²) in [5.74, 6) is -8.66. The molecule has 0 amide bonds. The molecule has 0 saturated carbocycles. The first kappa shape index (κ1) is 15.6. The highest BCUT2D eigenvalue weighted by Crippen LogP contribution is 2.30. The highest BCUT2D eigenvalue weighted by Gasteiger charge is 2.60. The van der Waals surface area contributed by atoms with Gasteiger partial charge in [-0.3, -0.25) is 0 Å². The summed E-state index contributed by atoms with van der Waals surface area (Å²) in [4.78, 5) is 43.7. The fourth-order valence-electron chi connectivity index (χ4n) is 1.31. The molecule has 8 nitrogen and oxygen atoms in total. The Labute approximate surface area is 101 Å². The first-order chi connectivity index (χ1) is 8.22. The lowest BCUT2D eigenvalue weighted by Gasteiger charge is -2.20. The quantitative estimate of drug-likeness (QED) is 0.370. The summed E-state index contributed by atoms with van der Waals surface area (Å²) >= 11 is 0. The van der Waals surface area contributed by atoms with Gasteiger partial charge in [0.2, 0.25) is 0 Å². The number of carbonyl (C=O) groups is 4. The Balaban J connectivity index is 6.12. The van der Waals surface area contributed by atoms with Gasteiger partial charge in [-0.25, -0.2) is 19.2 Å². The normalized spacial score (nSPS) is 11.9. The summed E-state index contributed by atoms with van der Waals surface area (Å²) in [6, 6.07) is 0. The SMILES string of the molecule is CCCC=C(C(=O)O)C(C(=O)O)(C(=O)O)C(=O)O. The van der Waals surface area contributed by atoms with E-state index in [0.717, 1.165) is 6.08 Å². The zero-order chi connectivity index (χ0) is 14.5. The van der Waals surface area contributed by atoms with Crippen molar-refractivity contribution in [2.75, 3.05) is 0 Å². The van der Waals surface area contributed by atoms with Crippen LogP contribution in [0.3, 0.4) is 0 Å². The van der Waals surface area contributed by atoms with Crippen molar-refractivity contribution in [3.63, 3.8) is 0 Å². The van der Waals surface area contributed by atoms with Crippen molar-refractivity contribution in [3.05, 3.63) is 11.6 Å². The van der Waals surface area contributed by atoms with Crippen molar-refractivity contribution in [1.29, 1.82) is 0 Å². The minimum atomic E-state index is -3.50. The van der Waals surface area contributed by atoms with Crippen molar-refractivity contribution in [1.82, 2.24) is 0 Å². The molecule has 0 aliphatic carbocycles. The lowest BCUT2D eigenvalue weighted by Crippen LogP contribution is -2.49. The molecule has 18 heavy (non-hydrogen) atoms. The molecule has 0 spiro atoms. The Morgan fingerprint density at radius 3 is 1.56 bits per heavy atom. The Hall–Kier alpha value is -2.38. The highest BCUT2D eigenvalue weighted by atomic mass is 16.4. The molecule has 0 rings (SSSR count). The molecule has 100 valence electrons. The number of rotatable bonds is 7. The Morgan fingerprint density at radius 2 is 1.33 bits per heavy atom. The monoisotopic (exact) mass is 260 g/mol. The van der Waals surface area contributed by atoms with E-state index >= 15 is 0 Å². The van der Waals surface area contributed by atoms with Crippen LogP contribution in [0.2, 0.25) is 0 Å². The Bertz CT molecular complexity index is 384. The van der Waals surface area contributed by atoms with E-state index in [0.29, 0.717) is 6.42 Å². The van der Waals surface area contributed by atoms with Crippen LogP contribution < -0.4 is 0 Å². The van der Waals surface area contributed by atoms with Crippen molar-refractivity contribution >= 4 is 23.9 Å². The second-order valence-corrected chi connectivity index (χ2v) is 3.38. The first-order valence-electron chi connectivity index (χ1n) is 4.86. The molecule has 4 N–H and O–H groups in total. The van der Waals surface area contributed by atoms with E-state index in [1.54, 1.807) is 6.92 Å². The van der Waals surface area contributed by atoms with Crippen LogP contribution in [0, 0.1) is 5.41 Å². The molecular formula is C10H12O8. The number of allylic oxidation sites excluding steroid dienone is 1. The minimum absolute atomic E-state index is 0.0528. The third kappa shape index (κ3) is 2.47. The second-order valence-electron chi connectivity index (χ2n) is 3.38. The van der Waals surface area contributed by atoms with Crippen LogP contribution >= 0.6 is 0 Å². The second kappa shape index (κ2) is 5.80. The van der Waals surface area contributed by atoms with E-state index in [2.05, 4.69) is 0 Å². The average Bonchev–Trinajstić information content (AvgIpc) is 2.21. The summed E-state index contributed by atoms with van der Waals surface area (Å²) < 4.78 is 0. The van der Waals surface area contributed by atoms with Gasteiger partial charge >= 0.3 is 23.9 Å². The van der Waals surface area contributed by atoms with Crippen molar-refractivity contribution in [2.24, 2.45) is 5.41 Å². The van der Waals surface area contributed by atoms with Gasteiger partial charge in [-0.05, 0) is 6.42 Å². The van der Waals surface area contributed by atoms with E-state index in [4.69, 9.17) is 20.4 Å². The predicted octanol–water partition coefficient (Wildman–Crippen LogP) is 0.0377. The topological polar surface area (TPSA) is 149 Å². The van der Waals surface area contributed by atoms with Crippen molar-refractivity contribution < 1.29 is 39.6 Å². The van der Waals surface area contributed by atoms with E-state index < -0.39 is 34.9 Å². The molecule has 0 radical (unpaired) electrons. The van der Waals surface area contributed by atoms with E-state index in [1.807, 2.05) is 0 Å².